The quantitative estimate of drug-likeness (QED) is 0.669. The highest BCUT2D eigenvalue weighted by molar-refractivity contribution is 6.04. The first kappa shape index (κ1) is 16.6. The number of benzene rings is 2. The first-order valence-corrected chi connectivity index (χ1v) is 7.23. The highest BCUT2D eigenvalue weighted by Crippen LogP contribution is 2.39. The Hall–Kier alpha value is -3.29. The minimum absolute atomic E-state index is 0.0739. The average Bonchev–Trinajstić information content (AvgIpc) is 3.07. The van der Waals surface area contributed by atoms with Gasteiger partial charge >= 0.3 is 6.18 Å². The van der Waals surface area contributed by atoms with E-state index in [1.807, 2.05) is 0 Å². The lowest BCUT2D eigenvalue weighted by Crippen LogP contribution is -2.16. The van der Waals surface area contributed by atoms with Crippen molar-refractivity contribution in [1.82, 2.24) is 9.97 Å². The van der Waals surface area contributed by atoms with Gasteiger partial charge in [-0.05, 0) is 17.7 Å². The fourth-order valence-corrected chi connectivity index (χ4v) is 2.48. The van der Waals surface area contributed by atoms with Crippen LogP contribution in [0, 0.1) is 0 Å². The van der Waals surface area contributed by atoms with Crippen LogP contribution in [0.2, 0.25) is 0 Å². The Morgan fingerprint density at radius 1 is 1.16 bits per heavy atom. The van der Waals surface area contributed by atoms with Gasteiger partial charge in [0, 0.05) is 23.5 Å². The minimum atomic E-state index is -4.63. The topological polar surface area (TPSA) is 83.8 Å². The Labute approximate surface area is 140 Å². The van der Waals surface area contributed by atoms with Gasteiger partial charge in [0.05, 0.1) is 11.3 Å². The van der Waals surface area contributed by atoms with Crippen LogP contribution in [-0.2, 0) is 6.18 Å². The van der Waals surface area contributed by atoms with Crippen LogP contribution in [0.15, 0.2) is 54.9 Å². The molecule has 3 rings (SSSR count). The summed E-state index contributed by atoms with van der Waals surface area (Å²) >= 11 is 0. The second-order valence-corrected chi connectivity index (χ2v) is 5.24. The standard InChI is InChI=1S/C17H13F3N4O/c18-17(19,20)11-8-12(15(21)25)14(10-4-2-1-3-5-10)13(9-11)24-16-22-6-7-23-16/h1-9H,(H2,21,25)(H2,22,23,24). The lowest BCUT2D eigenvalue weighted by atomic mass is 9.94. The number of halogens is 3. The monoisotopic (exact) mass is 346 g/mol. The lowest BCUT2D eigenvalue weighted by molar-refractivity contribution is -0.137. The number of imidazole rings is 1. The Morgan fingerprint density at radius 3 is 2.44 bits per heavy atom. The average molecular weight is 346 g/mol. The smallest absolute Gasteiger partial charge is 0.366 e. The maximum atomic E-state index is 13.2. The summed E-state index contributed by atoms with van der Waals surface area (Å²) in [6.45, 7) is 0. The second kappa shape index (κ2) is 6.31. The molecule has 0 bridgehead atoms. The molecular formula is C17H13F3N4O. The number of alkyl halides is 3. The molecule has 0 unspecified atom stereocenters. The Kier molecular flexibility index (Phi) is 4.18. The fourth-order valence-electron chi connectivity index (χ4n) is 2.48. The number of aromatic amines is 1. The number of nitrogens with two attached hydrogens (primary N) is 1. The van der Waals surface area contributed by atoms with E-state index in [2.05, 4.69) is 15.3 Å². The molecule has 0 fully saturated rings. The van der Waals surface area contributed by atoms with Gasteiger partial charge in [-0.25, -0.2) is 4.98 Å². The maximum absolute atomic E-state index is 13.2. The lowest BCUT2D eigenvalue weighted by Gasteiger charge is -2.17. The van der Waals surface area contributed by atoms with Gasteiger partial charge < -0.3 is 16.0 Å². The zero-order valence-electron chi connectivity index (χ0n) is 12.8. The van der Waals surface area contributed by atoms with E-state index in [4.69, 9.17) is 5.73 Å². The molecule has 4 N–H and O–H groups in total. The molecule has 0 radical (unpaired) electrons. The van der Waals surface area contributed by atoms with E-state index >= 15 is 0 Å². The number of H-pyrrole nitrogens is 1. The van der Waals surface area contributed by atoms with Gasteiger partial charge in [-0.2, -0.15) is 13.2 Å². The second-order valence-electron chi connectivity index (χ2n) is 5.24. The number of anilines is 2. The van der Waals surface area contributed by atoms with Crippen LogP contribution in [0.4, 0.5) is 24.8 Å². The summed E-state index contributed by atoms with van der Waals surface area (Å²) in [5, 5.41) is 2.78. The van der Waals surface area contributed by atoms with E-state index in [0.29, 0.717) is 5.56 Å². The van der Waals surface area contributed by atoms with Gasteiger partial charge in [-0.3, -0.25) is 4.79 Å². The van der Waals surface area contributed by atoms with Crippen molar-refractivity contribution in [2.75, 3.05) is 5.32 Å². The normalized spacial score (nSPS) is 11.3. The summed E-state index contributed by atoms with van der Waals surface area (Å²) in [4.78, 5) is 18.5. The molecule has 0 aliphatic carbocycles. The van der Waals surface area contributed by atoms with Gasteiger partial charge in [-0.1, -0.05) is 30.3 Å². The molecule has 0 atom stereocenters. The van der Waals surface area contributed by atoms with Crippen molar-refractivity contribution in [3.63, 3.8) is 0 Å². The van der Waals surface area contributed by atoms with Crippen LogP contribution >= 0.6 is 0 Å². The summed E-state index contributed by atoms with van der Waals surface area (Å²) in [5.41, 5.74) is 5.05. The highest BCUT2D eigenvalue weighted by atomic mass is 19.4. The molecule has 0 aliphatic rings. The molecule has 8 heteroatoms. The minimum Gasteiger partial charge on any atom is -0.366 e. The van der Waals surface area contributed by atoms with Crippen LogP contribution in [0.25, 0.3) is 11.1 Å². The Balaban J connectivity index is 2.27. The van der Waals surface area contributed by atoms with Crippen molar-refractivity contribution >= 4 is 17.5 Å². The molecule has 0 saturated carbocycles. The number of carbonyl (C=O) groups is 1. The molecule has 1 amide bonds. The number of hydrogen-bond donors (Lipinski definition) is 3. The molecule has 0 spiro atoms. The summed E-state index contributed by atoms with van der Waals surface area (Å²) in [6, 6.07) is 10.3. The van der Waals surface area contributed by atoms with E-state index in [1.165, 1.54) is 12.4 Å². The van der Waals surface area contributed by atoms with E-state index in [0.717, 1.165) is 12.1 Å². The number of primary amides is 1. The third kappa shape index (κ3) is 3.47. The molecule has 2 aromatic carbocycles. The summed E-state index contributed by atoms with van der Waals surface area (Å²) in [7, 11) is 0. The first-order valence-electron chi connectivity index (χ1n) is 7.23. The Bertz CT molecular complexity index is 890. The van der Waals surface area contributed by atoms with Gasteiger partial charge in [0.1, 0.15) is 0 Å². The van der Waals surface area contributed by atoms with Crippen molar-refractivity contribution < 1.29 is 18.0 Å². The fraction of sp³-hybridized carbons (Fsp3) is 0.0588. The van der Waals surface area contributed by atoms with Crippen molar-refractivity contribution in [1.29, 1.82) is 0 Å². The highest BCUT2D eigenvalue weighted by Gasteiger charge is 2.33. The van der Waals surface area contributed by atoms with Gasteiger partial charge in [0.25, 0.3) is 0 Å². The third-order valence-electron chi connectivity index (χ3n) is 3.54. The number of nitrogens with zero attached hydrogens (tertiary/aromatic N) is 1. The van der Waals surface area contributed by atoms with Gasteiger partial charge in [0.15, 0.2) is 0 Å². The molecule has 3 aromatic rings. The van der Waals surface area contributed by atoms with Gasteiger partial charge in [0.2, 0.25) is 11.9 Å². The van der Waals surface area contributed by atoms with Crippen molar-refractivity contribution in [2.45, 2.75) is 6.18 Å². The van der Waals surface area contributed by atoms with Crippen molar-refractivity contribution in [3.05, 3.63) is 66.0 Å². The molecular weight excluding hydrogens is 333 g/mol. The van der Waals surface area contributed by atoms with E-state index in [-0.39, 0.29) is 22.8 Å². The van der Waals surface area contributed by atoms with Crippen molar-refractivity contribution in [3.8, 4) is 11.1 Å². The van der Waals surface area contributed by atoms with Crippen LogP contribution < -0.4 is 11.1 Å². The van der Waals surface area contributed by atoms with Crippen LogP contribution in [0.5, 0.6) is 0 Å². The summed E-state index contributed by atoms with van der Waals surface area (Å²) in [5.74, 6) is -0.709. The Morgan fingerprint density at radius 2 is 1.88 bits per heavy atom. The third-order valence-corrected chi connectivity index (χ3v) is 3.54. The van der Waals surface area contributed by atoms with E-state index in [9.17, 15) is 18.0 Å². The molecule has 0 saturated heterocycles. The van der Waals surface area contributed by atoms with E-state index in [1.54, 1.807) is 30.3 Å². The predicted molar refractivity (Wildman–Crippen MR) is 87.3 cm³/mol. The molecule has 128 valence electrons. The first-order chi connectivity index (χ1) is 11.9. The summed E-state index contributed by atoms with van der Waals surface area (Å²) in [6.07, 6.45) is -1.65. The largest absolute Gasteiger partial charge is 0.416 e. The zero-order valence-corrected chi connectivity index (χ0v) is 12.8. The number of carbonyl (C=O) groups excluding carboxylic acids is 1. The zero-order chi connectivity index (χ0) is 18.0. The number of nitrogens with one attached hydrogen (secondary N) is 2. The molecule has 5 nitrogen and oxygen atoms in total. The van der Waals surface area contributed by atoms with Crippen LogP contribution in [0.1, 0.15) is 15.9 Å². The van der Waals surface area contributed by atoms with Crippen LogP contribution in [0.3, 0.4) is 0 Å². The van der Waals surface area contributed by atoms with E-state index < -0.39 is 17.6 Å². The SMILES string of the molecule is NC(=O)c1cc(C(F)(F)F)cc(Nc2ncc[nH]2)c1-c1ccccc1. The molecule has 0 aliphatic heterocycles. The number of aromatic nitrogens is 2. The number of hydrogen-bond acceptors (Lipinski definition) is 3. The molecule has 25 heavy (non-hydrogen) atoms. The van der Waals surface area contributed by atoms with Crippen LogP contribution in [-0.4, -0.2) is 15.9 Å². The van der Waals surface area contributed by atoms with Crippen molar-refractivity contribution in [2.24, 2.45) is 5.73 Å². The molecule has 1 aromatic heterocycles. The number of amides is 1. The number of rotatable bonds is 4. The van der Waals surface area contributed by atoms with Gasteiger partial charge in [-0.15, -0.1) is 0 Å². The maximum Gasteiger partial charge on any atom is 0.416 e. The summed E-state index contributed by atoms with van der Waals surface area (Å²) < 4.78 is 39.7. The predicted octanol–water partition coefficient (Wildman–Crippen LogP) is 3.94. The molecule has 1 heterocycles.